The predicted octanol–water partition coefficient (Wildman–Crippen LogP) is 1.61. The fourth-order valence-electron chi connectivity index (χ4n) is 7.18. The maximum absolute atomic E-state index is 15.2. The molecule has 5 N–H and O–H groups in total. The number of carboxylic acid groups (broad SMARTS) is 1. The summed E-state index contributed by atoms with van der Waals surface area (Å²) in [6.45, 7) is 8.47. The minimum atomic E-state index is -1.41. The minimum Gasteiger partial charge on any atom is -0.480 e. The second-order valence-corrected chi connectivity index (χ2v) is 14.6. The molecule has 292 valence electrons. The molecule has 2 heterocycles. The number of carbonyl (C=O) groups is 7. The van der Waals surface area contributed by atoms with Crippen LogP contribution in [0.15, 0.2) is 48.9 Å². The van der Waals surface area contributed by atoms with Crippen molar-refractivity contribution in [3.63, 3.8) is 0 Å². The summed E-state index contributed by atoms with van der Waals surface area (Å²) in [6, 6.07) is 2.35. The SMILES string of the molecule is CCCC(NC(=O)[C@@H]1[C@H]2CCC(F)C2CN1C(=O)[C@@H](NC(=O)[C@H](NC(=O)c1cnccn1)C(C)C)C(C)C)C(=O)C(=O)N[C@@H](Cc1ccccc1)C(=O)O. The summed E-state index contributed by atoms with van der Waals surface area (Å²) in [5.41, 5.74) is 0.624. The van der Waals surface area contributed by atoms with E-state index in [1.807, 2.05) is 0 Å². The van der Waals surface area contributed by atoms with Crippen molar-refractivity contribution in [2.75, 3.05) is 6.54 Å². The zero-order valence-electron chi connectivity index (χ0n) is 31.2. The molecule has 1 aromatic heterocycles. The molecule has 2 aliphatic rings. The molecule has 15 nitrogen and oxygen atoms in total. The summed E-state index contributed by atoms with van der Waals surface area (Å²) in [4.78, 5) is 103. The number of carbonyl (C=O) groups excluding carboxylic acids is 6. The van der Waals surface area contributed by atoms with Crippen LogP contribution in [0.1, 0.15) is 76.4 Å². The molecule has 0 bridgehead atoms. The first-order valence-electron chi connectivity index (χ1n) is 18.4. The van der Waals surface area contributed by atoms with E-state index in [1.165, 1.54) is 23.5 Å². The highest BCUT2D eigenvalue weighted by molar-refractivity contribution is 6.38. The fourth-order valence-corrected chi connectivity index (χ4v) is 7.18. The van der Waals surface area contributed by atoms with Gasteiger partial charge < -0.3 is 31.3 Å². The molecule has 2 fully saturated rings. The minimum absolute atomic E-state index is 0.00287. The van der Waals surface area contributed by atoms with E-state index in [2.05, 4.69) is 31.2 Å². The molecule has 5 amide bonds. The van der Waals surface area contributed by atoms with Gasteiger partial charge in [0.2, 0.25) is 23.5 Å². The summed E-state index contributed by atoms with van der Waals surface area (Å²) >= 11 is 0. The molecule has 1 saturated carbocycles. The van der Waals surface area contributed by atoms with Gasteiger partial charge in [-0.1, -0.05) is 71.4 Å². The molecule has 3 unspecified atom stereocenters. The lowest BCUT2D eigenvalue weighted by molar-refractivity contribution is -0.146. The third kappa shape index (κ3) is 10.0. The number of hydrogen-bond donors (Lipinski definition) is 5. The second-order valence-electron chi connectivity index (χ2n) is 14.6. The van der Waals surface area contributed by atoms with Gasteiger partial charge in [0.15, 0.2) is 0 Å². The van der Waals surface area contributed by atoms with Crippen molar-refractivity contribution >= 4 is 41.3 Å². The van der Waals surface area contributed by atoms with Gasteiger partial charge in [0.25, 0.3) is 11.8 Å². The number of Topliss-reactive ketones (excluding diaryl/α,β-unsaturated/α-hetero) is 1. The Hall–Kier alpha value is -5.28. The van der Waals surface area contributed by atoms with E-state index in [-0.39, 0.29) is 31.5 Å². The first kappa shape index (κ1) is 41.5. The molecule has 1 aromatic carbocycles. The average Bonchev–Trinajstić information content (AvgIpc) is 3.71. The van der Waals surface area contributed by atoms with Crippen LogP contribution < -0.4 is 21.3 Å². The second kappa shape index (κ2) is 18.7. The Kier molecular flexibility index (Phi) is 14.3. The zero-order chi connectivity index (χ0) is 39.7. The van der Waals surface area contributed by atoms with E-state index in [1.54, 1.807) is 65.0 Å². The van der Waals surface area contributed by atoms with Crippen LogP contribution in [0.5, 0.6) is 0 Å². The number of carboxylic acids is 1. The number of amides is 5. The summed E-state index contributed by atoms with van der Waals surface area (Å²) < 4.78 is 15.2. The van der Waals surface area contributed by atoms with Gasteiger partial charge in [0.05, 0.1) is 12.2 Å². The maximum Gasteiger partial charge on any atom is 0.326 e. The van der Waals surface area contributed by atoms with Gasteiger partial charge >= 0.3 is 5.97 Å². The number of likely N-dealkylation sites (tertiary alicyclic amines) is 1. The molecule has 1 aliphatic carbocycles. The van der Waals surface area contributed by atoms with Crippen molar-refractivity contribution in [1.29, 1.82) is 0 Å². The molecule has 4 rings (SSSR count). The molecule has 54 heavy (non-hydrogen) atoms. The largest absolute Gasteiger partial charge is 0.480 e. The van der Waals surface area contributed by atoms with E-state index in [4.69, 9.17) is 0 Å². The third-order valence-corrected chi connectivity index (χ3v) is 10.1. The van der Waals surface area contributed by atoms with E-state index < -0.39 is 101 Å². The third-order valence-electron chi connectivity index (χ3n) is 10.1. The van der Waals surface area contributed by atoms with E-state index in [9.17, 15) is 38.7 Å². The summed E-state index contributed by atoms with van der Waals surface area (Å²) in [7, 11) is 0. The summed E-state index contributed by atoms with van der Waals surface area (Å²) in [6.07, 6.45) is 3.52. The number of aromatic nitrogens is 2. The number of nitrogens with zero attached hydrogens (tertiary/aromatic N) is 3. The van der Waals surface area contributed by atoms with Gasteiger partial charge in [-0.05, 0) is 42.6 Å². The Morgan fingerprint density at radius 2 is 1.56 bits per heavy atom. The fraction of sp³-hybridized carbons (Fsp3) is 0.553. The van der Waals surface area contributed by atoms with Crippen LogP contribution >= 0.6 is 0 Å². The van der Waals surface area contributed by atoms with Crippen LogP contribution in [0, 0.1) is 23.7 Å². The number of hydrogen-bond acceptors (Lipinski definition) is 9. The molecular weight excluding hydrogens is 701 g/mol. The number of alkyl halides is 1. The van der Waals surface area contributed by atoms with Gasteiger partial charge in [-0.15, -0.1) is 0 Å². The Labute approximate surface area is 313 Å². The Bertz CT molecular complexity index is 1680. The molecule has 8 atom stereocenters. The smallest absolute Gasteiger partial charge is 0.326 e. The van der Waals surface area contributed by atoms with Crippen LogP contribution in [-0.4, -0.2) is 104 Å². The van der Waals surface area contributed by atoms with Crippen molar-refractivity contribution < 1.29 is 43.1 Å². The number of benzene rings is 1. The molecule has 16 heteroatoms. The normalized spacial score (nSPS) is 21.4. The van der Waals surface area contributed by atoms with E-state index in [0.717, 1.165) is 0 Å². The number of aliphatic carboxylic acids is 1. The van der Waals surface area contributed by atoms with Gasteiger partial charge in [0, 0.05) is 31.3 Å². The Balaban J connectivity index is 1.52. The first-order chi connectivity index (χ1) is 25.6. The van der Waals surface area contributed by atoms with Crippen molar-refractivity contribution in [1.82, 2.24) is 36.1 Å². The number of nitrogens with one attached hydrogen (secondary N) is 4. The predicted molar refractivity (Wildman–Crippen MR) is 193 cm³/mol. The summed E-state index contributed by atoms with van der Waals surface area (Å²) in [5.74, 6) is -8.41. The lowest BCUT2D eigenvalue weighted by Crippen LogP contribution is -2.60. The Morgan fingerprint density at radius 3 is 2.15 bits per heavy atom. The molecule has 0 radical (unpaired) electrons. The van der Waals surface area contributed by atoms with Crippen molar-refractivity contribution in [3.05, 3.63) is 60.2 Å². The lowest BCUT2D eigenvalue weighted by atomic mass is 9.92. The maximum atomic E-state index is 15.2. The first-order valence-corrected chi connectivity index (χ1v) is 18.4. The monoisotopic (exact) mass is 751 g/mol. The van der Waals surface area contributed by atoms with Crippen LogP contribution in [0.25, 0.3) is 0 Å². The number of halogens is 1. The molecule has 1 aliphatic heterocycles. The van der Waals surface area contributed by atoms with Crippen LogP contribution in [0.3, 0.4) is 0 Å². The molecule has 0 spiro atoms. The highest BCUT2D eigenvalue weighted by Crippen LogP contribution is 2.44. The average molecular weight is 752 g/mol. The molecular formula is C38H50FN7O8. The Morgan fingerprint density at radius 1 is 0.870 bits per heavy atom. The number of fused-ring (bicyclic) bond motifs is 1. The lowest BCUT2D eigenvalue weighted by Gasteiger charge is -2.34. The zero-order valence-corrected chi connectivity index (χ0v) is 31.2. The standard InChI is InChI=1S/C38H50FN7O8/c1-6-10-26(32(47)36(51)43-27(38(53)54)17-22-11-8-7-9-12-22)42-35(50)31-23-13-14-25(39)24(23)19-46(31)37(52)30(21(4)5)45-34(49)29(20(2)3)44-33(48)28-18-40-15-16-41-28/h7-9,11-12,15-16,18,20-21,23-27,29-31H,6,10,13-14,17,19H2,1-5H3,(H,42,50)(H,43,51)(H,44,48)(H,45,49)(H,53,54)/t23-,24?,25?,26?,27-,29+,30-,31-/m0/s1. The van der Waals surface area contributed by atoms with Crippen LogP contribution in [-0.2, 0) is 35.2 Å². The van der Waals surface area contributed by atoms with Crippen molar-refractivity contribution in [3.8, 4) is 0 Å². The van der Waals surface area contributed by atoms with E-state index >= 15 is 4.39 Å². The van der Waals surface area contributed by atoms with E-state index in [0.29, 0.717) is 18.4 Å². The van der Waals surface area contributed by atoms with Crippen LogP contribution in [0.4, 0.5) is 4.39 Å². The van der Waals surface area contributed by atoms with Crippen molar-refractivity contribution in [2.45, 2.75) is 103 Å². The highest BCUT2D eigenvalue weighted by atomic mass is 19.1. The van der Waals surface area contributed by atoms with Gasteiger partial charge in [-0.2, -0.15) is 0 Å². The van der Waals surface area contributed by atoms with Gasteiger partial charge in [0.1, 0.15) is 36.0 Å². The van der Waals surface area contributed by atoms with Gasteiger partial charge in [-0.25, -0.2) is 14.2 Å². The number of rotatable bonds is 17. The topological polar surface area (TPSA) is 217 Å². The molecule has 1 saturated heterocycles. The van der Waals surface area contributed by atoms with Crippen LogP contribution in [0.2, 0.25) is 0 Å². The molecule has 2 aromatic rings. The quantitative estimate of drug-likeness (QED) is 0.147. The number of ketones is 1. The van der Waals surface area contributed by atoms with Gasteiger partial charge in [-0.3, -0.25) is 33.8 Å². The highest BCUT2D eigenvalue weighted by Gasteiger charge is 2.55. The summed E-state index contributed by atoms with van der Waals surface area (Å²) in [5, 5.41) is 20.0. The van der Waals surface area contributed by atoms with Crippen molar-refractivity contribution in [2.24, 2.45) is 23.7 Å².